The number of hydrogen-bond acceptors (Lipinski definition) is 3. The molecule has 96 valence electrons. The Labute approximate surface area is 112 Å². The fourth-order valence-corrected chi connectivity index (χ4v) is 2.90. The van der Waals surface area contributed by atoms with Crippen molar-refractivity contribution in [1.82, 2.24) is 5.32 Å². The molecule has 0 aliphatic heterocycles. The van der Waals surface area contributed by atoms with E-state index in [9.17, 15) is 5.11 Å². The van der Waals surface area contributed by atoms with Crippen molar-refractivity contribution in [3.05, 3.63) is 57.8 Å². The lowest BCUT2D eigenvalue weighted by Crippen LogP contribution is -2.26. The van der Waals surface area contributed by atoms with Crippen LogP contribution in [-0.2, 0) is 0 Å². The van der Waals surface area contributed by atoms with Crippen LogP contribution in [0, 0.1) is 6.92 Å². The van der Waals surface area contributed by atoms with E-state index in [0.29, 0.717) is 0 Å². The van der Waals surface area contributed by atoms with Gasteiger partial charge in [0.1, 0.15) is 0 Å². The number of thiophene rings is 1. The van der Waals surface area contributed by atoms with Gasteiger partial charge in [-0.15, -0.1) is 11.3 Å². The number of aliphatic hydroxyl groups excluding tert-OH is 1. The molecule has 0 amide bonds. The molecule has 0 saturated carbocycles. The molecule has 0 saturated heterocycles. The summed E-state index contributed by atoms with van der Waals surface area (Å²) >= 11 is 1.80. The van der Waals surface area contributed by atoms with Crippen LogP contribution in [0.1, 0.15) is 34.3 Å². The van der Waals surface area contributed by atoms with Crippen LogP contribution in [0.3, 0.4) is 0 Å². The molecular formula is C15H19NOS. The SMILES string of the molecule is Cc1ccc(C(C)N[C@@H](CO)c2ccccc2)s1. The van der Waals surface area contributed by atoms with Gasteiger partial charge in [-0.1, -0.05) is 30.3 Å². The molecule has 2 aromatic rings. The number of aryl methyl sites for hydroxylation is 1. The Morgan fingerprint density at radius 3 is 2.44 bits per heavy atom. The number of rotatable bonds is 5. The molecule has 0 spiro atoms. The average Bonchev–Trinajstić information content (AvgIpc) is 2.83. The Morgan fingerprint density at radius 1 is 1.17 bits per heavy atom. The van der Waals surface area contributed by atoms with Crippen molar-refractivity contribution < 1.29 is 5.11 Å². The van der Waals surface area contributed by atoms with Gasteiger partial charge in [0.2, 0.25) is 0 Å². The Morgan fingerprint density at radius 2 is 1.89 bits per heavy atom. The van der Waals surface area contributed by atoms with Gasteiger partial charge in [-0.05, 0) is 31.5 Å². The van der Waals surface area contributed by atoms with E-state index in [4.69, 9.17) is 0 Å². The third-order valence-corrected chi connectivity index (χ3v) is 4.21. The second-order valence-corrected chi connectivity index (χ2v) is 5.80. The predicted molar refractivity (Wildman–Crippen MR) is 76.9 cm³/mol. The van der Waals surface area contributed by atoms with Gasteiger partial charge in [-0.2, -0.15) is 0 Å². The Hall–Kier alpha value is -1.16. The van der Waals surface area contributed by atoms with E-state index >= 15 is 0 Å². The minimum absolute atomic E-state index is 0.0105. The van der Waals surface area contributed by atoms with E-state index in [-0.39, 0.29) is 18.7 Å². The molecule has 0 aliphatic carbocycles. The minimum Gasteiger partial charge on any atom is -0.394 e. The molecule has 2 N–H and O–H groups in total. The van der Waals surface area contributed by atoms with Crippen LogP contribution in [0.5, 0.6) is 0 Å². The Kier molecular flexibility index (Phi) is 4.53. The average molecular weight is 261 g/mol. The van der Waals surface area contributed by atoms with Crippen LogP contribution in [0.25, 0.3) is 0 Å². The fraction of sp³-hybridized carbons (Fsp3) is 0.333. The highest BCUT2D eigenvalue weighted by atomic mass is 32.1. The summed E-state index contributed by atoms with van der Waals surface area (Å²) in [5.41, 5.74) is 1.13. The van der Waals surface area contributed by atoms with Gasteiger partial charge in [0.25, 0.3) is 0 Å². The minimum atomic E-state index is -0.0105. The van der Waals surface area contributed by atoms with E-state index in [1.807, 2.05) is 30.3 Å². The molecule has 0 radical (unpaired) electrons. The highest BCUT2D eigenvalue weighted by Gasteiger charge is 2.15. The maximum Gasteiger partial charge on any atom is 0.0626 e. The molecule has 2 rings (SSSR count). The summed E-state index contributed by atoms with van der Waals surface area (Å²) in [6.45, 7) is 4.36. The summed E-state index contributed by atoms with van der Waals surface area (Å²) < 4.78 is 0. The number of benzene rings is 1. The number of hydrogen-bond donors (Lipinski definition) is 2. The Bertz CT molecular complexity index is 480. The zero-order valence-electron chi connectivity index (χ0n) is 10.8. The first kappa shape index (κ1) is 13.3. The van der Waals surface area contributed by atoms with Crippen LogP contribution in [0.15, 0.2) is 42.5 Å². The molecule has 3 heteroatoms. The summed E-state index contributed by atoms with van der Waals surface area (Å²) in [5.74, 6) is 0. The van der Waals surface area contributed by atoms with Gasteiger partial charge >= 0.3 is 0 Å². The lowest BCUT2D eigenvalue weighted by molar-refractivity contribution is 0.236. The van der Waals surface area contributed by atoms with Crippen molar-refractivity contribution in [3.63, 3.8) is 0 Å². The summed E-state index contributed by atoms with van der Waals surface area (Å²) in [6, 6.07) is 14.6. The van der Waals surface area contributed by atoms with Crippen molar-refractivity contribution in [2.45, 2.75) is 25.9 Å². The smallest absolute Gasteiger partial charge is 0.0626 e. The molecule has 1 aromatic carbocycles. The largest absolute Gasteiger partial charge is 0.394 e. The van der Waals surface area contributed by atoms with E-state index in [1.54, 1.807) is 11.3 Å². The van der Waals surface area contributed by atoms with Gasteiger partial charge < -0.3 is 10.4 Å². The zero-order chi connectivity index (χ0) is 13.0. The number of nitrogens with one attached hydrogen (secondary N) is 1. The molecule has 0 bridgehead atoms. The molecular weight excluding hydrogens is 242 g/mol. The lowest BCUT2D eigenvalue weighted by atomic mass is 10.1. The number of aliphatic hydroxyl groups is 1. The molecule has 2 nitrogen and oxygen atoms in total. The van der Waals surface area contributed by atoms with E-state index < -0.39 is 0 Å². The van der Waals surface area contributed by atoms with E-state index in [2.05, 4.69) is 31.3 Å². The third kappa shape index (κ3) is 3.19. The summed E-state index contributed by atoms with van der Waals surface area (Å²) in [6.07, 6.45) is 0. The molecule has 1 heterocycles. The standard InChI is InChI=1S/C15H19NOS/c1-11-8-9-15(18-11)12(2)16-14(10-17)13-6-4-3-5-7-13/h3-9,12,14,16-17H,10H2,1-2H3/t12?,14-/m0/s1. The molecule has 2 atom stereocenters. The first-order chi connectivity index (χ1) is 8.70. The van der Waals surface area contributed by atoms with Crippen molar-refractivity contribution >= 4 is 11.3 Å². The maximum absolute atomic E-state index is 9.52. The van der Waals surface area contributed by atoms with Crippen LogP contribution in [0.4, 0.5) is 0 Å². The second kappa shape index (κ2) is 6.14. The molecule has 0 fully saturated rings. The topological polar surface area (TPSA) is 32.3 Å². The first-order valence-corrected chi connectivity index (χ1v) is 7.00. The van der Waals surface area contributed by atoms with Crippen LogP contribution >= 0.6 is 11.3 Å². The van der Waals surface area contributed by atoms with Crippen LogP contribution < -0.4 is 5.32 Å². The summed E-state index contributed by atoms with van der Waals surface area (Å²) in [5, 5.41) is 13.0. The van der Waals surface area contributed by atoms with Crippen molar-refractivity contribution in [1.29, 1.82) is 0 Å². The quantitative estimate of drug-likeness (QED) is 0.864. The third-order valence-electron chi connectivity index (χ3n) is 3.02. The molecule has 1 unspecified atom stereocenters. The fourth-order valence-electron chi connectivity index (χ4n) is 2.01. The monoisotopic (exact) mass is 261 g/mol. The molecule has 1 aromatic heterocycles. The van der Waals surface area contributed by atoms with Gasteiger partial charge in [-0.3, -0.25) is 0 Å². The normalized spacial score (nSPS) is 14.4. The summed E-state index contributed by atoms with van der Waals surface area (Å²) in [7, 11) is 0. The van der Waals surface area contributed by atoms with Crippen molar-refractivity contribution in [3.8, 4) is 0 Å². The maximum atomic E-state index is 9.52. The zero-order valence-corrected chi connectivity index (χ0v) is 11.6. The van der Waals surface area contributed by atoms with Gasteiger partial charge in [-0.25, -0.2) is 0 Å². The first-order valence-electron chi connectivity index (χ1n) is 6.19. The molecule has 0 aliphatic rings. The van der Waals surface area contributed by atoms with Crippen molar-refractivity contribution in [2.75, 3.05) is 6.61 Å². The summed E-state index contributed by atoms with van der Waals surface area (Å²) in [4.78, 5) is 2.63. The van der Waals surface area contributed by atoms with E-state index in [0.717, 1.165) is 5.56 Å². The second-order valence-electron chi connectivity index (χ2n) is 4.48. The van der Waals surface area contributed by atoms with E-state index in [1.165, 1.54) is 9.75 Å². The van der Waals surface area contributed by atoms with Crippen LogP contribution in [-0.4, -0.2) is 11.7 Å². The predicted octanol–water partition coefficient (Wildman–Crippen LogP) is 3.44. The van der Waals surface area contributed by atoms with Gasteiger partial charge in [0, 0.05) is 15.8 Å². The molecule has 18 heavy (non-hydrogen) atoms. The van der Waals surface area contributed by atoms with Crippen LogP contribution in [0.2, 0.25) is 0 Å². The highest BCUT2D eigenvalue weighted by molar-refractivity contribution is 7.12. The van der Waals surface area contributed by atoms with Gasteiger partial charge in [0.15, 0.2) is 0 Å². The van der Waals surface area contributed by atoms with Crippen molar-refractivity contribution in [2.24, 2.45) is 0 Å². The highest BCUT2D eigenvalue weighted by Crippen LogP contribution is 2.25. The lowest BCUT2D eigenvalue weighted by Gasteiger charge is -2.21. The van der Waals surface area contributed by atoms with Gasteiger partial charge in [0.05, 0.1) is 12.6 Å². The Balaban J connectivity index is 2.07.